The summed E-state index contributed by atoms with van der Waals surface area (Å²) in [7, 11) is 5.94. The van der Waals surface area contributed by atoms with Crippen molar-refractivity contribution in [1.29, 1.82) is 0 Å². The quantitative estimate of drug-likeness (QED) is 0.838. The third-order valence-electron chi connectivity index (χ3n) is 3.84. The standard InChI is InChI=1S/C15H25N3O/c1-16-14(10-12-11-18(2)9-8-17-12)13-6-4-5-7-15(13)19-3/h4-7,12,14,16-17H,8-11H2,1-3H3. The number of nitrogens with one attached hydrogen (secondary N) is 2. The molecular weight excluding hydrogens is 238 g/mol. The lowest BCUT2D eigenvalue weighted by Gasteiger charge is -2.33. The molecule has 1 aliphatic heterocycles. The molecule has 4 nitrogen and oxygen atoms in total. The SMILES string of the molecule is CNC(CC1CN(C)CCN1)c1ccccc1OC. The van der Waals surface area contributed by atoms with Gasteiger partial charge in [0.05, 0.1) is 7.11 Å². The Hall–Kier alpha value is -1.10. The Balaban J connectivity index is 2.07. The Kier molecular flexibility index (Phi) is 5.19. The number of hydrogen-bond donors (Lipinski definition) is 2. The first kappa shape index (κ1) is 14.3. The van der Waals surface area contributed by atoms with Gasteiger partial charge in [-0.25, -0.2) is 0 Å². The first-order valence-corrected chi connectivity index (χ1v) is 6.96. The fraction of sp³-hybridized carbons (Fsp3) is 0.600. The number of methoxy groups -OCH3 is 1. The van der Waals surface area contributed by atoms with E-state index in [0.717, 1.165) is 31.8 Å². The van der Waals surface area contributed by atoms with Crippen molar-refractivity contribution in [3.05, 3.63) is 29.8 Å². The molecule has 2 N–H and O–H groups in total. The normalized spacial score (nSPS) is 22.2. The Morgan fingerprint density at radius 3 is 2.95 bits per heavy atom. The Morgan fingerprint density at radius 2 is 2.26 bits per heavy atom. The molecule has 1 heterocycles. The van der Waals surface area contributed by atoms with Crippen molar-refractivity contribution in [2.45, 2.75) is 18.5 Å². The number of likely N-dealkylation sites (N-methyl/N-ethyl adjacent to an activating group) is 1. The van der Waals surface area contributed by atoms with Crippen LogP contribution in [0.5, 0.6) is 5.75 Å². The minimum atomic E-state index is 0.320. The van der Waals surface area contributed by atoms with Gasteiger partial charge in [-0.1, -0.05) is 18.2 Å². The van der Waals surface area contributed by atoms with Crippen molar-refractivity contribution in [2.75, 3.05) is 40.8 Å². The predicted octanol–water partition coefficient (Wildman–Crippen LogP) is 1.25. The van der Waals surface area contributed by atoms with E-state index in [9.17, 15) is 0 Å². The number of hydrogen-bond acceptors (Lipinski definition) is 4. The van der Waals surface area contributed by atoms with Crippen LogP contribution in [0.25, 0.3) is 0 Å². The largest absolute Gasteiger partial charge is 0.496 e. The monoisotopic (exact) mass is 263 g/mol. The van der Waals surface area contributed by atoms with Gasteiger partial charge in [-0.05, 0) is 26.6 Å². The van der Waals surface area contributed by atoms with Crippen molar-refractivity contribution in [3.63, 3.8) is 0 Å². The van der Waals surface area contributed by atoms with E-state index in [1.165, 1.54) is 5.56 Å². The van der Waals surface area contributed by atoms with Gasteiger partial charge in [-0.3, -0.25) is 0 Å². The molecule has 2 atom stereocenters. The van der Waals surface area contributed by atoms with E-state index in [0.29, 0.717) is 12.1 Å². The van der Waals surface area contributed by atoms with Crippen LogP contribution >= 0.6 is 0 Å². The zero-order chi connectivity index (χ0) is 13.7. The molecule has 0 amide bonds. The molecule has 0 aromatic heterocycles. The molecule has 0 bridgehead atoms. The number of piperazine rings is 1. The maximum Gasteiger partial charge on any atom is 0.123 e. The van der Waals surface area contributed by atoms with Gasteiger partial charge in [-0.15, -0.1) is 0 Å². The maximum atomic E-state index is 5.47. The number of nitrogens with zero attached hydrogens (tertiary/aromatic N) is 1. The molecule has 0 aliphatic carbocycles. The van der Waals surface area contributed by atoms with Gasteiger partial charge in [0.2, 0.25) is 0 Å². The van der Waals surface area contributed by atoms with Crippen molar-refractivity contribution in [1.82, 2.24) is 15.5 Å². The summed E-state index contributed by atoms with van der Waals surface area (Å²) in [5, 5.41) is 7.02. The Bertz CT molecular complexity index is 397. The van der Waals surface area contributed by atoms with Crippen LogP contribution < -0.4 is 15.4 Å². The van der Waals surface area contributed by atoms with Crippen molar-refractivity contribution >= 4 is 0 Å². The van der Waals surface area contributed by atoms with Crippen LogP contribution in [0.15, 0.2) is 24.3 Å². The summed E-state index contributed by atoms with van der Waals surface area (Å²) in [4.78, 5) is 2.39. The van der Waals surface area contributed by atoms with E-state index in [1.54, 1.807) is 7.11 Å². The third-order valence-corrected chi connectivity index (χ3v) is 3.84. The summed E-state index contributed by atoms with van der Waals surface area (Å²) in [6.45, 7) is 3.31. The van der Waals surface area contributed by atoms with Crippen LogP contribution in [0, 0.1) is 0 Å². The minimum absolute atomic E-state index is 0.320. The fourth-order valence-corrected chi connectivity index (χ4v) is 2.79. The Morgan fingerprint density at radius 1 is 1.47 bits per heavy atom. The molecule has 1 aromatic rings. The van der Waals surface area contributed by atoms with Crippen LogP contribution in [0.4, 0.5) is 0 Å². The van der Waals surface area contributed by atoms with Crippen LogP contribution in [0.1, 0.15) is 18.0 Å². The molecule has 0 saturated carbocycles. The molecule has 2 unspecified atom stereocenters. The lowest BCUT2D eigenvalue weighted by Crippen LogP contribution is -2.50. The van der Waals surface area contributed by atoms with E-state index in [-0.39, 0.29) is 0 Å². The molecule has 0 radical (unpaired) electrons. The second-order valence-corrected chi connectivity index (χ2v) is 5.23. The van der Waals surface area contributed by atoms with Gasteiger partial charge < -0.3 is 20.3 Å². The number of benzene rings is 1. The topological polar surface area (TPSA) is 36.5 Å². The molecule has 1 aromatic carbocycles. The molecule has 1 fully saturated rings. The summed E-state index contributed by atoms with van der Waals surface area (Å²) in [6, 6.07) is 9.11. The fourth-order valence-electron chi connectivity index (χ4n) is 2.79. The van der Waals surface area contributed by atoms with Gasteiger partial charge in [0, 0.05) is 37.3 Å². The lowest BCUT2D eigenvalue weighted by atomic mass is 9.97. The zero-order valence-electron chi connectivity index (χ0n) is 12.1. The molecule has 106 valence electrons. The average molecular weight is 263 g/mol. The predicted molar refractivity (Wildman–Crippen MR) is 78.7 cm³/mol. The molecular formula is C15H25N3O. The van der Waals surface area contributed by atoms with Crippen LogP contribution in [0.3, 0.4) is 0 Å². The molecule has 1 aliphatic rings. The summed E-state index contributed by atoms with van der Waals surface area (Å²) in [5.41, 5.74) is 1.24. The van der Waals surface area contributed by atoms with Crippen LogP contribution in [-0.2, 0) is 0 Å². The first-order valence-electron chi connectivity index (χ1n) is 6.96. The smallest absolute Gasteiger partial charge is 0.123 e. The van der Waals surface area contributed by atoms with Gasteiger partial charge in [-0.2, -0.15) is 0 Å². The van der Waals surface area contributed by atoms with E-state index in [1.807, 2.05) is 19.2 Å². The van der Waals surface area contributed by atoms with E-state index < -0.39 is 0 Å². The molecule has 19 heavy (non-hydrogen) atoms. The molecule has 0 spiro atoms. The van der Waals surface area contributed by atoms with E-state index in [2.05, 4.69) is 34.7 Å². The Labute approximate surface area is 116 Å². The first-order chi connectivity index (χ1) is 9.24. The highest BCUT2D eigenvalue weighted by molar-refractivity contribution is 5.36. The van der Waals surface area contributed by atoms with Crippen LogP contribution in [-0.4, -0.2) is 51.8 Å². The molecule has 4 heteroatoms. The molecule has 2 rings (SSSR count). The number of rotatable bonds is 5. The van der Waals surface area contributed by atoms with Gasteiger partial charge >= 0.3 is 0 Å². The highest BCUT2D eigenvalue weighted by Gasteiger charge is 2.22. The van der Waals surface area contributed by atoms with Gasteiger partial charge in [0.15, 0.2) is 0 Å². The highest BCUT2D eigenvalue weighted by Crippen LogP contribution is 2.27. The minimum Gasteiger partial charge on any atom is -0.496 e. The van der Waals surface area contributed by atoms with Crippen molar-refractivity contribution < 1.29 is 4.74 Å². The van der Waals surface area contributed by atoms with Gasteiger partial charge in [0.1, 0.15) is 5.75 Å². The summed E-state index contributed by atoms with van der Waals surface area (Å²) in [6.07, 6.45) is 1.07. The van der Waals surface area contributed by atoms with E-state index >= 15 is 0 Å². The summed E-state index contributed by atoms with van der Waals surface area (Å²) in [5.74, 6) is 0.964. The van der Waals surface area contributed by atoms with Crippen LogP contribution in [0.2, 0.25) is 0 Å². The second kappa shape index (κ2) is 6.89. The van der Waals surface area contributed by atoms with Crippen molar-refractivity contribution in [3.8, 4) is 5.75 Å². The third kappa shape index (κ3) is 3.69. The average Bonchev–Trinajstić information content (AvgIpc) is 2.45. The summed E-state index contributed by atoms with van der Waals surface area (Å²) < 4.78 is 5.47. The zero-order valence-corrected chi connectivity index (χ0v) is 12.1. The molecule has 1 saturated heterocycles. The number of ether oxygens (including phenoxy) is 1. The maximum absolute atomic E-state index is 5.47. The summed E-state index contributed by atoms with van der Waals surface area (Å²) >= 11 is 0. The number of para-hydroxylation sites is 1. The van der Waals surface area contributed by atoms with Gasteiger partial charge in [0.25, 0.3) is 0 Å². The van der Waals surface area contributed by atoms with Crippen molar-refractivity contribution in [2.24, 2.45) is 0 Å². The highest BCUT2D eigenvalue weighted by atomic mass is 16.5. The van der Waals surface area contributed by atoms with E-state index in [4.69, 9.17) is 4.74 Å². The lowest BCUT2D eigenvalue weighted by molar-refractivity contribution is 0.221. The second-order valence-electron chi connectivity index (χ2n) is 5.23.